The molecule has 0 radical (unpaired) electrons. The molecule has 4 nitrogen and oxygen atoms in total. The van der Waals surface area contributed by atoms with Crippen molar-refractivity contribution >= 4 is 0 Å². The van der Waals surface area contributed by atoms with E-state index in [-0.39, 0.29) is 23.9 Å². The minimum absolute atomic E-state index is 0.0161. The third-order valence-corrected chi connectivity index (χ3v) is 4.07. The molecule has 20 heavy (non-hydrogen) atoms. The molecule has 1 aliphatic rings. The van der Waals surface area contributed by atoms with Crippen molar-refractivity contribution in [3.63, 3.8) is 0 Å². The van der Waals surface area contributed by atoms with Gasteiger partial charge in [-0.05, 0) is 31.4 Å². The molecule has 5 heteroatoms. The van der Waals surface area contributed by atoms with Crippen LogP contribution in [0.25, 0.3) is 0 Å². The van der Waals surface area contributed by atoms with E-state index in [1.165, 1.54) is 12.3 Å². The van der Waals surface area contributed by atoms with Gasteiger partial charge in [-0.3, -0.25) is 4.98 Å². The number of aromatic nitrogens is 1. The summed E-state index contributed by atoms with van der Waals surface area (Å²) in [5, 5.41) is 12.7. The molecule has 2 rings (SSSR count). The topological polar surface area (TPSA) is 54.4 Å². The fourth-order valence-corrected chi connectivity index (χ4v) is 2.70. The lowest BCUT2D eigenvalue weighted by molar-refractivity contribution is 0.121. The van der Waals surface area contributed by atoms with Crippen LogP contribution in [0, 0.1) is 11.2 Å². The molecule has 112 valence electrons. The number of halogens is 1. The smallest absolute Gasteiger partial charge is 0.141 e. The molecule has 1 saturated heterocycles. The van der Waals surface area contributed by atoms with Crippen molar-refractivity contribution in [1.29, 1.82) is 0 Å². The third-order valence-electron chi connectivity index (χ3n) is 4.07. The highest BCUT2D eigenvalue weighted by atomic mass is 19.1. The van der Waals surface area contributed by atoms with Gasteiger partial charge < -0.3 is 15.2 Å². The van der Waals surface area contributed by atoms with E-state index in [2.05, 4.69) is 17.2 Å². The Bertz CT molecular complexity index is 405. The SMILES string of the molecule is CCC(NCC1(CCO)CCOC1)c1ccc(F)cn1. The number of rotatable bonds is 7. The Morgan fingerprint density at radius 1 is 1.55 bits per heavy atom. The summed E-state index contributed by atoms with van der Waals surface area (Å²) in [5.41, 5.74) is 0.870. The first-order chi connectivity index (χ1) is 9.69. The van der Waals surface area contributed by atoms with Gasteiger partial charge in [0.25, 0.3) is 0 Å². The van der Waals surface area contributed by atoms with Crippen molar-refractivity contribution in [2.45, 2.75) is 32.2 Å². The van der Waals surface area contributed by atoms with Gasteiger partial charge in [0, 0.05) is 31.2 Å². The molecule has 2 atom stereocenters. The van der Waals surface area contributed by atoms with Crippen LogP contribution in [0.4, 0.5) is 4.39 Å². The molecular formula is C15H23FN2O2. The third kappa shape index (κ3) is 3.75. The molecule has 0 aliphatic carbocycles. The summed E-state index contributed by atoms with van der Waals surface area (Å²) in [6.45, 7) is 4.48. The van der Waals surface area contributed by atoms with Gasteiger partial charge in [-0.2, -0.15) is 0 Å². The molecule has 1 fully saturated rings. The minimum atomic E-state index is -0.315. The van der Waals surface area contributed by atoms with Gasteiger partial charge in [0.1, 0.15) is 5.82 Å². The predicted molar refractivity (Wildman–Crippen MR) is 74.8 cm³/mol. The van der Waals surface area contributed by atoms with E-state index in [1.54, 1.807) is 6.07 Å². The average molecular weight is 282 g/mol. The molecule has 2 heterocycles. The van der Waals surface area contributed by atoms with Crippen molar-refractivity contribution in [3.05, 3.63) is 29.8 Å². The number of aliphatic hydroxyl groups is 1. The highest BCUT2D eigenvalue weighted by molar-refractivity contribution is 5.10. The zero-order valence-corrected chi connectivity index (χ0v) is 11.9. The standard InChI is InChI=1S/C15H23FN2O2/c1-2-13(14-4-3-12(16)9-17-14)18-10-15(5-7-19)6-8-20-11-15/h3-4,9,13,18-19H,2,5-8,10-11H2,1H3. The monoisotopic (exact) mass is 282 g/mol. The van der Waals surface area contributed by atoms with E-state index in [9.17, 15) is 9.50 Å². The first kappa shape index (κ1) is 15.4. The highest BCUT2D eigenvalue weighted by Gasteiger charge is 2.34. The molecular weight excluding hydrogens is 259 g/mol. The molecule has 0 bridgehead atoms. The van der Waals surface area contributed by atoms with Crippen molar-refractivity contribution in [3.8, 4) is 0 Å². The first-order valence-corrected chi connectivity index (χ1v) is 7.22. The maximum Gasteiger partial charge on any atom is 0.141 e. The first-order valence-electron chi connectivity index (χ1n) is 7.22. The van der Waals surface area contributed by atoms with Gasteiger partial charge in [0.2, 0.25) is 0 Å². The number of hydrogen-bond donors (Lipinski definition) is 2. The van der Waals surface area contributed by atoms with Crippen molar-refractivity contribution in [2.75, 3.05) is 26.4 Å². The van der Waals surface area contributed by atoms with Crippen LogP contribution in [-0.2, 0) is 4.74 Å². The molecule has 0 spiro atoms. The quantitative estimate of drug-likeness (QED) is 0.803. The van der Waals surface area contributed by atoms with E-state index in [4.69, 9.17) is 4.74 Å². The molecule has 0 aromatic carbocycles. The number of aliphatic hydroxyl groups excluding tert-OH is 1. The Hall–Kier alpha value is -1.04. The van der Waals surface area contributed by atoms with Crippen LogP contribution >= 0.6 is 0 Å². The molecule has 1 aliphatic heterocycles. The van der Waals surface area contributed by atoms with Gasteiger partial charge in [-0.25, -0.2) is 4.39 Å². The molecule has 1 aromatic rings. The Morgan fingerprint density at radius 3 is 2.95 bits per heavy atom. The second kappa shape index (κ2) is 7.11. The Labute approximate surface area is 119 Å². The van der Waals surface area contributed by atoms with Gasteiger partial charge in [-0.1, -0.05) is 6.92 Å². The Morgan fingerprint density at radius 2 is 2.40 bits per heavy atom. The van der Waals surface area contributed by atoms with Crippen LogP contribution in [0.5, 0.6) is 0 Å². The average Bonchev–Trinajstić information content (AvgIpc) is 2.91. The lowest BCUT2D eigenvalue weighted by atomic mass is 9.83. The summed E-state index contributed by atoms with van der Waals surface area (Å²) in [4.78, 5) is 4.15. The molecule has 1 aromatic heterocycles. The number of nitrogens with one attached hydrogen (secondary N) is 1. The number of hydrogen-bond acceptors (Lipinski definition) is 4. The zero-order valence-electron chi connectivity index (χ0n) is 11.9. The molecule has 0 amide bonds. The number of pyridine rings is 1. The summed E-state index contributed by atoms with van der Waals surface area (Å²) in [6.07, 6.45) is 3.84. The summed E-state index contributed by atoms with van der Waals surface area (Å²) < 4.78 is 18.4. The van der Waals surface area contributed by atoms with Crippen molar-refractivity contribution in [1.82, 2.24) is 10.3 Å². The van der Waals surface area contributed by atoms with Crippen molar-refractivity contribution in [2.24, 2.45) is 5.41 Å². The second-order valence-electron chi connectivity index (χ2n) is 5.52. The van der Waals surface area contributed by atoms with E-state index in [0.717, 1.165) is 38.1 Å². The largest absolute Gasteiger partial charge is 0.396 e. The fourth-order valence-electron chi connectivity index (χ4n) is 2.70. The van der Waals surface area contributed by atoms with Crippen LogP contribution in [0.1, 0.15) is 37.9 Å². The fraction of sp³-hybridized carbons (Fsp3) is 0.667. The maximum atomic E-state index is 12.9. The van der Waals surface area contributed by atoms with E-state index < -0.39 is 0 Å². The van der Waals surface area contributed by atoms with Crippen molar-refractivity contribution < 1.29 is 14.2 Å². The molecule has 0 saturated carbocycles. The van der Waals surface area contributed by atoms with Crippen LogP contribution in [0.15, 0.2) is 18.3 Å². The summed E-state index contributed by atoms with van der Waals surface area (Å²) in [6, 6.07) is 3.27. The van der Waals surface area contributed by atoms with Gasteiger partial charge >= 0.3 is 0 Å². The number of ether oxygens (including phenoxy) is 1. The number of nitrogens with zero attached hydrogens (tertiary/aromatic N) is 1. The van der Waals surface area contributed by atoms with E-state index >= 15 is 0 Å². The van der Waals surface area contributed by atoms with Crippen LogP contribution in [0.3, 0.4) is 0 Å². The minimum Gasteiger partial charge on any atom is -0.396 e. The maximum absolute atomic E-state index is 12.9. The van der Waals surface area contributed by atoms with Gasteiger partial charge in [0.15, 0.2) is 0 Å². The van der Waals surface area contributed by atoms with E-state index in [1.807, 2.05) is 0 Å². The zero-order chi connectivity index (χ0) is 14.4. The predicted octanol–water partition coefficient (Wildman–Crippen LogP) is 2.05. The van der Waals surface area contributed by atoms with E-state index in [0.29, 0.717) is 6.61 Å². The van der Waals surface area contributed by atoms with Gasteiger partial charge in [-0.15, -0.1) is 0 Å². The Balaban J connectivity index is 1.97. The highest BCUT2D eigenvalue weighted by Crippen LogP contribution is 2.32. The summed E-state index contributed by atoms with van der Waals surface area (Å²) >= 11 is 0. The van der Waals surface area contributed by atoms with Crippen LogP contribution in [-0.4, -0.2) is 36.5 Å². The van der Waals surface area contributed by atoms with Gasteiger partial charge in [0.05, 0.1) is 18.5 Å². The summed E-state index contributed by atoms with van der Waals surface area (Å²) in [5.74, 6) is -0.315. The van der Waals surface area contributed by atoms with Crippen LogP contribution < -0.4 is 5.32 Å². The Kier molecular flexibility index (Phi) is 5.46. The lowest BCUT2D eigenvalue weighted by Gasteiger charge is -2.29. The normalized spacial score (nSPS) is 23.9. The van der Waals surface area contributed by atoms with Crippen LogP contribution in [0.2, 0.25) is 0 Å². The lowest BCUT2D eigenvalue weighted by Crippen LogP contribution is -2.37. The second-order valence-corrected chi connectivity index (χ2v) is 5.52. The summed E-state index contributed by atoms with van der Waals surface area (Å²) in [7, 11) is 0. The molecule has 2 N–H and O–H groups in total. The molecule has 2 unspecified atom stereocenters.